The Morgan fingerprint density at radius 3 is 2.76 bits per heavy atom. The lowest BCUT2D eigenvalue weighted by atomic mass is 9.90. The molecule has 3 nitrogen and oxygen atoms in total. The molecule has 0 unspecified atom stereocenters. The van der Waals surface area contributed by atoms with Gasteiger partial charge < -0.3 is 0 Å². The highest BCUT2D eigenvalue weighted by atomic mass is 32.1. The molecule has 0 atom stereocenters. The lowest BCUT2D eigenvalue weighted by Crippen LogP contribution is -2.02. The molecule has 4 aromatic rings. The van der Waals surface area contributed by atoms with Crippen molar-refractivity contribution < 1.29 is 4.79 Å². The second-order valence-electron chi connectivity index (χ2n) is 6.37. The Morgan fingerprint density at radius 1 is 1.08 bits per heavy atom. The summed E-state index contributed by atoms with van der Waals surface area (Å²) < 4.78 is 2.01. The van der Waals surface area contributed by atoms with Crippen molar-refractivity contribution in [2.24, 2.45) is 0 Å². The van der Waals surface area contributed by atoms with Gasteiger partial charge in [0.25, 0.3) is 0 Å². The number of aldehydes is 1. The fraction of sp³-hybridized carbons (Fsp3) is 0.200. The molecule has 0 bridgehead atoms. The van der Waals surface area contributed by atoms with Gasteiger partial charge in [-0.25, -0.2) is 4.98 Å². The number of hydrogen-bond donors (Lipinski definition) is 0. The van der Waals surface area contributed by atoms with Crippen LogP contribution in [0, 0.1) is 0 Å². The van der Waals surface area contributed by atoms with Gasteiger partial charge in [-0.1, -0.05) is 18.2 Å². The van der Waals surface area contributed by atoms with Crippen molar-refractivity contribution in [1.29, 1.82) is 0 Å². The topological polar surface area (TPSA) is 34.4 Å². The molecule has 0 aliphatic heterocycles. The van der Waals surface area contributed by atoms with Gasteiger partial charge in [-0.05, 0) is 59.9 Å². The van der Waals surface area contributed by atoms with Crippen molar-refractivity contribution in [1.82, 2.24) is 9.38 Å². The zero-order chi connectivity index (χ0) is 16.8. The molecule has 0 saturated heterocycles. The number of carbonyl (C=O) groups excluding carboxylic acids is 1. The van der Waals surface area contributed by atoms with E-state index in [-0.39, 0.29) is 0 Å². The van der Waals surface area contributed by atoms with Gasteiger partial charge in [0, 0.05) is 5.38 Å². The van der Waals surface area contributed by atoms with Crippen LogP contribution in [0.2, 0.25) is 0 Å². The van der Waals surface area contributed by atoms with Gasteiger partial charge in [0.15, 0.2) is 11.2 Å². The van der Waals surface area contributed by atoms with Gasteiger partial charge in [0.2, 0.25) is 0 Å². The van der Waals surface area contributed by atoms with Crippen molar-refractivity contribution >= 4 is 33.9 Å². The fourth-order valence-electron chi connectivity index (χ4n) is 3.68. The van der Waals surface area contributed by atoms with Crippen molar-refractivity contribution in [2.45, 2.75) is 25.7 Å². The summed E-state index contributed by atoms with van der Waals surface area (Å²) in [6.45, 7) is 0. The Bertz CT molecular complexity index is 1070. The van der Waals surface area contributed by atoms with E-state index in [2.05, 4.69) is 23.6 Å². The van der Waals surface area contributed by atoms with Gasteiger partial charge in [-0.15, -0.1) is 22.7 Å². The molecule has 0 radical (unpaired) electrons. The van der Waals surface area contributed by atoms with E-state index in [1.165, 1.54) is 36.0 Å². The molecule has 3 aromatic heterocycles. The summed E-state index contributed by atoms with van der Waals surface area (Å²) in [5, 5.41) is 4.12. The molecule has 0 saturated carbocycles. The Kier molecular flexibility index (Phi) is 3.57. The maximum absolute atomic E-state index is 11.9. The third kappa shape index (κ3) is 2.38. The predicted molar refractivity (Wildman–Crippen MR) is 104 cm³/mol. The van der Waals surface area contributed by atoms with Crippen LogP contribution in [0.3, 0.4) is 0 Å². The molecule has 0 amide bonds. The average molecular weight is 364 g/mol. The van der Waals surface area contributed by atoms with Crippen LogP contribution >= 0.6 is 22.7 Å². The standard InChI is InChI=1S/C20H16N2OS2/c23-11-16-19(18-6-3-9-24-18)21-20-22(16)17(12-25-20)15-8-7-13-4-1-2-5-14(13)10-15/h3,6-12H,1-2,4-5H2. The highest BCUT2D eigenvalue weighted by Crippen LogP contribution is 2.35. The third-order valence-corrected chi connectivity index (χ3v) is 6.61. The maximum atomic E-state index is 11.9. The van der Waals surface area contributed by atoms with Gasteiger partial charge in [0.05, 0.1) is 10.6 Å². The lowest BCUT2D eigenvalue weighted by molar-refractivity contribution is 0.111. The normalized spacial score (nSPS) is 13.9. The van der Waals surface area contributed by atoms with Crippen molar-refractivity contribution in [3.8, 4) is 21.8 Å². The molecule has 5 rings (SSSR count). The van der Waals surface area contributed by atoms with Crippen LogP contribution < -0.4 is 0 Å². The molecule has 1 aliphatic carbocycles. The number of hydrogen-bond acceptors (Lipinski definition) is 4. The Balaban J connectivity index is 1.71. The summed E-state index contributed by atoms with van der Waals surface area (Å²) in [7, 11) is 0. The number of thiophene rings is 1. The number of aryl methyl sites for hydroxylation is 2. The van der Waals surface area contributed by atoms with Crippen molar-refractivity contribution in [2.75, 3.05) is 0 Å². The monoisotopic (exact) mass is 364 g/mol. The molecule has 0 spiro atoms. The average Bonchev–Trinajstić information content (AvgIpc) is 3.37. The number of aromatic nitrogens is 2. The highest BCUT2D eigenvalue weighted by Gasteiger charge is 2.20. The molecule has 5 heteroatoms. The second-order valence-corrected chi connectivity index (χ2v) is 8.15. The second kappa shape index (κ2) is 5.93. The molecular weight excluding hydrogens is 348 g/mol. The van der Waals surface area contributed by atoms with Crippen LogP contribution in [0.1, 0.15) is 34.5 Å². The van der Waals surface area contributed by atoms with Crippen LogP contribution in [-0.2, 0) is 12.8 Å². The third-order valence-electron chi connectivity index (χ3n) is 4.91. The largest absolute Gasteiger partial charge is 0.296 e. The van der Waals surface area contributed by atoms with Crippen LogP contribution in [0.5, 0.6) is 0 Å². The molecule has 0 N–H and O–H groups in total. The molecule has 3 heterocycles. The Morgan fingerprint density at radius 2 is 1.96 bits per heavy atom. The smallest absolute Gasteiger partial charge is 0.195 e. The van der Waals surface area contributed by atoms with Crippen LogP contribution in [-0.4, -0.2) is 15.7 Å². The fourth-order valence-corrected chi connectivity index (χ4v) is 5.31. The molecule has 1 aromatic carbocycles. The molecule has 1 aliphatic rings. The van der Waals surface area contributed by atoms with Crippen LogP contribution in [0.15, 0.2) is 41.1 Å². The van der Waals surface area contributed by atoms with Gasteiger partial charge in [-0.2, -0.15) is 0 Å². The van der Waals surface area contributed by atoms with Crippen molar-refractivity contribution in [3.05, 3.63) is 57.9 Å². The summed E-state index contributed by atoms with van der Waals surface area (Å²) in [6.07, 6.45) is 5.83. The summed E-state index contributed by atoms with van der Waals surface area (Å²) in [6, 6.07) is 10.8. The minimum atomic E-state index is 0.645. The van der Waals surface area contributed by atoms with Crippen molar-refractivity contribution in [3.63, 3.8) is 0 Å². The van der Waals surface area contributed by atoms with E-state index in [1.807, 2.05) is 21.9 Å². The maximum Gasteiger partial charge on any atom is 0.195 e. The number of fused-ring (bicyclic) bond motifs is 2. The minimum absolute atomic E-state index is 0.645. The van der Waals surface area contributed by atoms with E-state index >= 15 is 0 Å². The summed E-state index contributed by atoms with van der Waals surface area (Å²) in [5.41, 5.74) is 6.59. The highest BCUT2D eigenvalue weighted by molar-refractivity contribution is 7.15. The first kappa shape index (κ1) is 15.0. The predicted octanol–water partition coefficient (Wildman–Crippen LogP) is 5.48. The summed E-state index contributed by atoms with van der Waals surface area (Å²) >= 11 is 3.21. The van der Waals surface area contributed by atoms with Gasteiger partial charge in [-0.3, -0.25) is 9.20 Å². The quantitative estimate of drug-likeness (QED) is 0.451. The van der Waals surface area contributed by atoms with E-state index < -0.39 is 0 Å². The number of benzene rings is 1. The molecular formula is C20H16N2OS2. The van der Waals surface area contributed by atoms with Gasteiger partial charge >= 0.3 is 0 Å². The van der Waals surface area contributed by atoms with Gasteiger partial charge in [0.1, 0.15) is 11.4 Å². The lowest BCUT2D eigenvalue weighted by Gasteiger charge is -2.16. The van der Waals surface area contributed by atoms with E-state index in [1.54, 1.807) is 22.7 Å². The first-order valence-corrected chi connectivity index (χ1v) is 10.2. The van der Waals surface area contributed by atoms with Crippen LogP contribution in [0.4, 0.5) is 0 Å². The zero-order valence-electron chi connectivity index (χ0n) is 13.6. The van der Waals surface area contributed by atoms with E-state index in [9.17, 15) is 4.79 Å². The molecule has 0 fully saturated rings. The first-order chi connectivity index (χ1) is 12.3. The van der Waals surface area contributed by atoms with Crippen LogP contribution in [0.25, 0.3) is 26.8 Å². The number of rotatable bonds is 3. The Labute approximate surface area is 153 Å². The van der Waals surface area contributed by atoms with E-state index in [4.69, 9.17) is 4.98 Å². The number of nitrogens with zero attached hydrogens (tertiary/aromatic N) is 2. The zero-order valence-corrected chi connectivity index (χ0v) is 15.2. The number of imidazole rings is 1. The first-order valence-electron chi connectivity index (χ1n) is 8.46. The Hall–Kier alpha value is -2.24. The summed E-state index contributed by atoms with van der Waals surface area (Å²) in [5.74, 6) is 0. The molecule has 25 heavy (non-hydrogen) atoms. The molecule has 124 valence electrons. The number of thiazole rings is 1. The SMILES string of the molecule is O=Cc1c(-c2cccs2)nc2scc(-c3ccc4c(c3)CCCC4)n12. The van der Waals surface area contributed by atoms with E-state index in [0.717, 1.165) is 33.9 Å². The van der Waals surface area contributed by atoms with E-state index in [0.29, 0.717) is 5.69 Å². The minimum Gasteiger partial charge on any atom is -0.296 e. The number of carbonyl (C=O) groups is 1. The summed E-state index contributed by atoms with van der Waals surface area (Å²) in [4.78, 5) is 18.5.